The summed E-state index contributed by atoms with van der Waals surface area (Å²) < 4.78 is 33.4. The lowest BCUT2D eigenvalue weighted by Gasteiger charge is -2.41. The molecule has 2 heterocycles. The van der Waals surface area contributed by atoms with Gasteiger partial charge < -0.3 is 9.64 Å². The van der Waals surface area contributed by atoms with Gasteiger partial charge in [0.25, 0.3) is 0 Å². The quantitative estimate of drug-likeness (QED) is 0.767. The number of aryl methyl sites for hydroxylation is 1. The molecule has 1 unspecified atom stereocenters. The average Bonchev–Trinajstić information content (AvgIpc) is 3.00. The molecule has 1 amide bonds. The minimum atomic E-state index is -3.49. The monoisotopic (exact) mass is 394 g/mol. The molecule has 0 bridgehead atoms. The van der Waals surface area contributed by atoms with E-state index in [1.165, 1.54) is 0 Å². The number of nitrogens with zero attached hydrogens (tertiary/aromatic N) is 2. The Hall–Kier alpha value is -1.44. The summed E-state index contributed by atoms with van der Waals surface area (Å²) in [5.41, 5.74) is 0.816. The lowest BCUT2D eigenvalue weighted by atomic mass is 9.71. The van der Waals surface area contributed by atoms with Gasteiger partial charge in [-0.15, -0.1) is 0 Å². The molecule has 27 heavy (non-hydrogen) atoms. The van der Waals surface area contributed by atoms with Crippen molar-refractivity contribution in [1.29, 1.82) is 0 Å². The van der Waals surface area contributed by atoms with Crippen LogP contribution in [0.3, 0.4) is 0 Å². The zero-order chi connectivity index (χ0) is 19.7. The van der Waals surface area contributed by atoms with Gasteiger partial charge in [-0.3, -0.25) is 4.79 Å². The van der Waals surface area contributed by atoms with Crippen molar-refractivity contribution in [3.05, 3.63) is 29.8 Å². The standard InChI is InChI=1S/C20H30N2O4S/c1-4-17-7-5-6-8-19(17)27(24,25)22-11-9-20(10-12-22)15-21(16(2)23)13-18(20)14-26-3/h5-8,18H,4,9-15H2,1-3H3. The van der Waals surface area contributed by atoms with Gasteiger partial charge in [-0.25, -0.2) is 8.42 Å². The van der Waals surface area contributed by atoms with E-state index in [4.69, 9.17) is 4.74 Å². The van der Waals surface area contributed by atoms with Crippen molar-refractivity contribution >= 4 is 15.9 Å². The largest absolute Gasteiger partial charge is 0.384 e. The third-order valence-corrected chi connectivity index (χ3v) is 8.31. The van der Waals surface area contributed by atoms with E-state index >= 15 is 0 Å². The summed E-state index contributed by atoms with van der Waals surface area (Å²) in [4.78, 5) is 14.2. The van der Waals surface area contributed by atoms with Gasteiger partial charge in [0.1, 0.15) is 0 Å². The molecule has 1 spiro atoms. The Labute approximate surface area is 162 Å². The van der Waals surface area contributed by atoms with Crippen LogP contribution in [0.15, 0.2) is 29.2 Å². The molecule has 0 N–H and O–H groups in total. The van der Waals surface area contributed by atoms with Gasteiger partial charge in [-0.2, -0.15) is 4.31 Å². The maximum absolute atomic E-state index is 13.2. The molecule has 0 aromatic heterocycles. The van der Waals surface area contributed by atoms with E-state index in [9.17, 15) is 13.2 Å². The van der Waals surface area contributed by atoms with E-state index in [0.717, 1.165) is 18.4 Å². The summed E-state index contributed by atoms with van der Waals surface area (Å²) in [6, 6.07) is 7.26. The van der Waals surface area contributed by atoms with Crippen LogP contribution in [0.4, 0.5) is 0 Å². The number of likely N-dealkylation sites (tertiary alicyclic amines) is 1. The Bertz CT molecular complexity index is 785. The minimum absolute atomic E-state index is 0.0437. The van der Waals surface area contributed by atoms with Crippen LogP contribution < -0.4 is 0 Å². The van der Waals surface area contributed by atoms with Crippen LogP contribution in [-0.4, -0.2) is 63.4 Å². The zero-order valence-electron chi connectivity index (χ0n) is 16.5. The molecule has 2 fully saturated rings. The fraction of sp³-hybridized carbons (Fsp3) is 0.650. The first kappa shape index (κ1) is 20.3. The third kappa shape index (κ3) is 3.77. The van der Waals surface area contributed by atoms with Crippen LogP contribution in [0.2, 0.25) is 0 Å². The smallest absolute Gasteiger partial charge is 0.243 e. The second kappa shape index (κ2) is 7.89. The summed E-state index contributed by atoms with van der Waals surface area (Å²) >= 11 is 0. The number of piperidine rings is 1. The van der Waals surface area contributed by atoms with Gasteiger partial charge in [-0.05, 0) is 36.3 Å². The molecule has 1 aromatic rings. The van der Waals surface area contributed by atoms with Crippen LogP contribution >= 0.6 is 0 Å². The SMILES string of the molecule is CCc1ccccc1S(=O)(=O)N1CCC2(CC1)CN(C(C)=O)CC2COC. The lowest BCUT2D eigenvalue weighted by molar-refractivity contribution is -0.128. The van der Waals surface area contributed by atoms with Crippen molar-refractivity contribution in [3.63, 3.8) is 0 Å². The molecule has 2 saturated heterocycles. The molecule has 0 aliphatic carbocycles. The molecule has 1 atom stereocenters. The van der Waals surface area contributed by atoms with Gasteiger partial charge in [0.05, 0.1) is 11.5 Å². The van der Waals surface area contributed by atoms with Crippen LogP contribution in [0.25, 0.3) is 0 Å². The first-order chi connectivity index (χ1) is 12.8. The molecule has 6 nitrogen and oxygen atoms in total. The highest BCUT2D eigenvalue weighted by molar-refractivity contribution is 7.89. The molecule has 150 valence electrons. The Kier molecular flexibility index (Phi) is 5.93. The number of ether oxygens (including phenoxy) is 1. The number of hydrogen-bond acceptors (Lipinski definition) is 4. The second-order valence-electron chi connectivity index (χ2n) is 7.78. The summed E-state index contributed by atoms with van der Waals surface area (Å²) in [5.74, 6) is 0.346. The predicted molar refractivity (Wildman–Crippen MR) is 104 cm³/mol. The maximum Gasteiger partial charge on any atom is 0.243 e. The Balaban J connectivity index is 1.79. The number of carbonyl (C=O) groups excluding carboxylic acids is 1. The van der Waals surface area contributed by atoms with Gasteiger partial charge in [-0.1, -0.05) is 25.1 Å². The number of carbonyl (C=O) groups is 1. The molecule has 2 aliphatic rings. The fourth-order valence-corrected chi connectivity index (χ4v) is 6.36. The van der Waals surface area contributed by atoms with Crippen LogP contribution in [0, 0.1) is 11.3 Å². The highest BCUT2D eigenvalue weighted by Crippen LogP contribution is 2.45. The summed E-state index contributed by atoms with van der Waals surface area (Å²) in [6.07, 6.45) is 2.22. The van der Waals surface area contributed by atoms with E-state index in [0.29, 0.717) is 44.1 Å². The second-order valence-corrected chi connectivity index (χ2v) is 9.69. The first-order valence-electron chi connectivity index (χ1n) is 9.66. The third-order valence-electron chi connectivity index (χ3n) is 6.32. The van der Waals surface area contributed by atoms with E-state index in [1.807, 2.05) is 24.0 Å². The number of hydrogen-bond donors (Lipinski definition) is 0. The summed E-state index contributed by atoms with van der Waals surface area (Å²) in [6.45, 7) is 6.58. The summed E-state index contributed by atoms with van der Waals surface area (Å²) in [5, 5.41) is 0. The molecule has 7 heteroatoms. The predicted octanol–water partition coefficient (Wildman–Crippen LogP) is 2.14. The number of amides is 1. The van der Waals surface area contributed by atoms with Crippen molar-refractivity contribution in [2.75, 3.05) is 39.9 Å². The first-order valence-corrected chi connectivity index (χ1v) is 11.1. The van der Waals surface area contributed by atoms with E-state index in [1.54, 1.807) is 30.5 Å². The molecule has 0 radical (unpaired) electrons. The zero-order valence-corrected chi connectivity index (χ0v) is 17.3. The minimum Gasteiger partial charge on any atom is -0.384 e. The molecule has 1 aromatic carbocycles. The van der Waals surface area contributed by atoms with Gasteiger partial charge in [0.15, 0.2) is 0 Å². The topological polar surface area (TPSA) is 66.9 Å². The lowest BCUT2D eigenvalue weighted by Crippen LogP contribution is -2.47. The Morgan fingerprint density at radius 1 is 1.26 bits per heavy atom. The number of methoxy groups -OCH3 is 1. The molecular formula is C20H30N2O4S. The van der Waals surface area contributed by atoms with E-state index < -0.39 is 10.0 Å². The van der Waals surface area contributed by atoms with Gasteiger partial charge in [0.2, 0.25) is 15.9 Å². The van der Waals surface area contributed by atoms with Crippen molar-refractivity contribution in [2.45, 2.75) is 38.0 Å². The van der Waals surface area contributed by atoms with Crippen molar-refractivity contribution < 1.29 is 17.9 Å². The van der Waals surface area contributed by atoms with Crippen molar-refractivity contribution in [3.8, 4) is 0 Å². The van der Waals surface area contributed by atoms with Crippen molar-refractivity contribution in [2.24, 2.45) is 11.3 Å². The van der Waals surface area contributed by atoms with Crippen LogP contribution in [0.5, 0.6) is 0 Å². The van der Waals surface area contributed by atoms with Gasteiger partial charge in [0, 0.05) is 46.1 Å². The van der Waals surface area contributed by atoms with Crippen LogP contribution in [-0.2, 0) is 26.0 Å². The molecule has 2 aliphatic heterocycles. The summed E-state index contributed by atoms with van der Waals surface area (Å²) in [7, 11) is -1.80. The van der Waals surface area contributed by atoms with Gasteiger partial charge >= 0.3 is 0 Å². The van der Waals surface area contributed by atoms with E-state index in [-0.39, 0.29) is 17.2 Å². The highest BCUT2D eigenvalue weighted by Gasteiger charge is 2.49. The van der Waals surface area contributed by atoms with E-state index in [2.05, 4.69) is 0 Å². The molecular weight excluding hydrogens is 364 g/mol. The Morgan fingerprint density at radius 3 is 2.52 bits per heavy atom. The number of sulfonamides is 1. The molecule has 3 rings (SSSR count). The molecule has 0 saturated carbocycles. The Morgan fingerprint density at radius 2 is 1.93 bits per heavy atom. The number of rotatable bonds is 5. The van der Waals surface area contributed by atoms with Crippen molar-refractivity contribution in [1.82, 2.24) is 9.21 Å². The fourth-order valence-electron chi connectivity index (χ4n) is 4.63. The maximum atomic E-state index is 13.2. The number of benzene rings is 1. The average molecular weight is 395 g/mol. The van der Waals surface area contributed by atoms with Crippen LogP contribution in [0.1, 0.15) is 32.3 Å². The highest BCUT2D eigenvalue weighted by atomic mass is 32.2. The normalized spacial score (nSPS) is 23.1.